The van der Waals surface area contributed by atoms with E-state index in [9.17, 15) is 20.4 Å². The molecule has 0 atom stereocenters. The number of aromatic nitrogens is 5. The number of nitrogens with zero attached hydrogens (tertiary/aromatic N) is 4. The normalized spacial score (nSPS) is 11.1. The molecule has 0 bridgehead atoms. The molecule has 0 saturated carbocycles. The van der Waals surface area contributed by atoms with Crippen molar-refractivity contribution in [3.63, 3.8) is 0 Å². The van der Waals surface area contributed by atoms with E-state index in [1.54, 1.807) is 97.3 Å². The molecule has 0 amide bonds. The third-order valence-electron chi connectivity index (χ3n) is 6.26. The molecule has 6 rings (SSSR count). The van der Waals surface area contributed by atoms with E-state index < -0.39 is 0 Å². The first-order chi connectivity index (χ1) is 18.5. The van der Waals surface area contributed by atoms with Crippen LogP contribution in [0.1, 0.15) is 0 Å². The highest BCUT2D eigenvalue weighted by Gasteiger charge is 2.17. The van der Waals surface area contributed by atoms with Crippen molar-refractivity contribution in [2.45, 2.75) is 0 Å². The SMILES string of the molecule is Oc1cc(-c2cccc(-c3cn(-c4ccccc4O)nn3)c2O)ccc1-c1c[nH]c(-c2ccccc2O)n1. The van der Waals surface area contributed by atoms with Gasteiger partial charge in [-0.3, -0.25) is 0 Å². The maximum absolute atomic E-state index is 11.1. The monoisotopic (exact) mass is 503 g/mol. The van der Waals surface area contributed by atoms with Crippen molar-refractivity contribution < 1.29 is 20.4 Å². The van der Waals surface area contributed by atoms with Crippen LogP contribution in [0.3, 0.4) is 0 Å². The second-order valence-electron chi connectivity index (χ2n) is 8.62. The lowest BCUT2D eigenvalue weighted by molar-refractivity contribution is 0.469. The van der Waals surface area contributed by atoms with E-state index in [1.165, 1.54) is 4.68 Å². The predicted molar refractivity (Wildman–Crippen MR) is 142 cm³/mol. The molecule has 6 aromatic rings. The summed E-state index contributed by atoms with van der Waals surface area (Å²) in [5.41, 5.74) is 3.98. The van der Waals surface area contributed by atoms with E-state index in [0.29, 0.717) is 50.7 Å². The summed E-state index contributed by atoms with van der Waals surface area (Å²) in [5.74, 6) is 0.591. The van der Waals surface area contributed by atoms with Gasteiger partial charge in [0.15, 0.2) is 0 Å². The summed E-state index contributed by atoms with van der Waals surface area (Å²) < 4.78 is 1.44. The average molecular weight is 504 g/mol. The molecule has 38 heavy (non-hydrogen) atoms. The van der Waals surface area contributed by atoms with Crippen LogP contribution in [0, 0.1) is 0 Å². The number of H-pyrrole nitrogens is 1. The highest BCUT2D eigenvalue weighted by Crippen LogP contribution is 2.40. The van der Waals surface area contributed by atoms with Crippen molar-refractivity contribution in [3.05, 3.63) is 97.3 Å². The van der Waals surface area contributed by atoms with E-state index in [0.717, 1.165) is 0 Å². The van der Waals surface area contributed by atoms with Gasteiger partial charge in [0.2, 0.25) is 0 Å². The minimum atomic E-state index is -0.0226. The Morgan fingerprint density at radius 3 is 2.16 bits per heavy atom. The molecular weight excluding hydrogens is 482 g/mol. The fraction of sp³-hybridized carbons (Fsp3) is 0. The van der Waals surface area contributed by atoms with Gasteiger partial charge in [0, 0.05) is 22.9 Å². The van der Waals surface area contributed by atoms with Crippen LogP contribution in [-0.4, -0.2) is 45.4 Å². The average Bonchev–Trinajstić information content (AvgIpc) is 3.60. The lowest BCUT2D eigenvalue weighted by atomic mass is 9.98. The smallest absolute Gasteiger partial charge is 0.141 e. The number of nitrogens with one attached hydrogen (secondary N) is 1. The zero-order valence-corrected chi connectivity index (χ0v) is 19.8. The van der Waals surface area contributed by atoms with Gasteiger partial charge in [0.25, 0.3) is 0 Å². The maximum atomic E-state index is 11.1. The van der Waals surface area contributed by atoms with Gasteiger partial charge in [-0.15, -0.1) is 5.10 Å². The molecular formula is C29H21N5O4. The largest absolute Gasteiger partial charge is 0.507 e. The molecule has 5 N–H and O–H groups in total. The van der Waals surface area contributed by atoms with E-state index in [4.69, 9.17) is 0 Å². The van der Waals surface area contributed by atoms with Gasteiger partial charge < -0.3 is 25.4 Å². The van der Waals surface area contributed by atoms with Gasteiger partial charge in [-0.2, -0.15) is 0 Å². The number of phenols is 4. The molecule has 0 aliphatic carbocycles. The van der Waals surface area contributed by atoms with Crippen LogP contribution in [-0.2, 0) is 0 Å². The summed E-state index contributed by atoms with van der Waals surface area (Å²) in [6.07, 6.45) is 3.27. The molecule has 0 aliphatic heterocycles. The molecule has 0 radical (unpaired) electrons. The molecule has 0 saturated heterocycles. The van der Waals surface area contributed by atoms with Crippen molar-refractivity contribution in [1.29, 1.82) is 0 Å². The van der Waals surface area contributed by atoms with Crippen molar-refractivity contribution in [2.75, 3.05) is 0 Å². The van der Waals surface area contributed by atoms with Gasteiger partial charge in [0.1, 0.15) is 40.2 Å². The molecule has 9 heteroatoms. The number of aromatic amines is 1. The Hall–Kier alpha value is -5.57. The Bertz CT molecular complexity index is 1790. The van der Waals surface area contributed by atoms with Crippen LogP contribution in [0.4, 0.5) is 0 Å². The number of hydrogen-bond acceptors (Lipinski definition) is 7. The van der Waals surface area contributed by atoms with Crippen molar-refractivity contribution in [1.82, 2.24) is 25.0 Å². The van der Waals surface area contributed by atoms with Crippen LogP contribution < -0.4 is 0 Å². The number of benzene rings is 4. The topological polar surface area (TPSA) is 140 Å². The molecule has 186 valence electrons. The molecule has 0 fully saturated rings. The minimum Gasteiger partial charge on any atom is -0.507 e. The van der Waals surface area contributed by atoms with Crippen LogP contribution in [0.25, 0.3) is 50.7 Å². The molecule has 0 aliphatic rings. The first-order valence-electron chi connectivity index (χ1n) is 11.7. The Labute approximate surface area is 216 Å². The van der Waals surface area contributed by atoms with Crippen LogP contribution in [0.15, 0.2) is 97.3 Å². The molecule has 9 nitrogen and oxygen atoms in total. The number of aromatic hydroxyl groups is 4. The van der Waals surface area contributed by atoms with Crippen molar-refractivity contribution >= 4 is 0 Å². The zero-order chi connectivity index (χ0) is 26.2. The van der Waals surface area contributed by atoms with Gasteiger partial charge in [-0.1, -0.05) is 47.7 Å². The lowest BCUT2D eigenvalue weighted by Crippen LogP contribution is -1.94. The third-order valence-corrected chi connectivity index (χ3v) is 6.26. The third kappa shape index (κ3) is 3.97. The van der Waals surface area contributed by atoms with E-state index in [2.05, 4.69) is 20.3 Å². The Morgan fingerprint density at radius 2 is 1.37 bits per heavy atom. The quantitative estimate of drug-likeness (QED) is 0.210. The standard InChI is InChI=1S/C29H21N5O4/c35-25-10-3-1-6-21(25)29-30-15-22(31-29)19-13-12-17(14-27(19)37)18-7-5-8-20(28(18)38)23-16-34(33-32-23)24-9-2-4-11-26(24)36/h1-16,35-38H,(H,30,31). The minimum absolute atomic E-state index is 0.0202. The Balaban J connectivity index is 1.32. The summed E-state index contributed by atoms with van der Waals surface area (Å²) in [5, 5.41) is 50.4. The highest BCUT2D eigenvalue weighted by atomic mass is 16.3. The number of phenolic OH excluding ortho intramolecular Hbond substituents is 4. The fourth-order valence-electron chi connectivity index (χ4n) is 4.33. The van der Waals surface area contributed by atoms with E-state index in [-0.39, 0.29) is 23.0 Å². The lowest BCUT2D eigenvalue weighted by Gasteiger charge is -2.10. The van der Waals surface area contributed by atoms with Gasteiger partial charge in [-0.05, 0) is 48.0 Å². The highest BCUT2D eigenvalue weighted by molar-refractivity contribution is 5.83. The molecule has 2 aromatic heterocycles. The maximum Gasteiger partial charge on any atom is 0.141 e. The number of imidazole rings is 1. The first-order valence-corrected chi connectivity index (χ1v) is 11.7. The van der Waals surface area contributed by atoms with Gasteiger partial charge >= 0.3 is 0 Å². The van der Waals surface area contributed by atoms with Crippen molar-refractivity contribution in [2.24, 2.45) is 0 Å². The number of para-hydroxylation sites is 4. The number of rotatable bonds is 5. The second kappa shape index (κ2) is 9.14. The van der Waals surface area contributed by atoms with E-state index in [1.807, 2.05) is 0 Å². The van der Waals surface area contributed by atoms with Crippen LogP contribution in [0.2, 0.25) is 0 Å². The molecule has 0 unspecified atom stereocenters. The van der Waals surface area contributed by atoms with Crippen LogP contribution in [0.5, 0.6) is 23.0 Å². The number of hydrogen-bond donors (Lipinski definition) is 5. The van der Waals surface area contributed by atoms with Crippen LogP contribution >= 0.6 is 0 Å². The first kappa shape index (κ1) is 22.9. The Kier molecular flexibility index (Phi) is 5.50. The second-order valence-corrected chi connectivity index (χ2v) is 8.62. The summed E-state index contributed by atoms with van der Waals surface area (Å²) in [4.78, 5) is 7.55. The molecule has 4 aromatic carbocycles. The summed E-state index contributed by atoms with van der Waals surface area (Å²) in [7, 11) is 0. The Morgan fingerprint density at radius 1 is 0.632 bits per heavy atom. The summed E-state index contributed by atoms with van der Waals surface area (Å²) in [6.45, 7) is 0. The molecule has 0 spiro atoms. The molecule has 2 heterocycles. The van der Waals surface area contributed by atoms with Gasteiger partial charge in [-0.25, -0.2) is 9.67 Å². The van der Waals surface area contributed by atoms with E-state index >= 15 is 0 Å². The van der Waals surface area contributed by atoms with Gasteiger partial charge in [0.05, 0.1) is 17.5 Å². The summed E-state index contributed by atoms with van der Waals surface area (Å²) >= 11 is 0. The fourth-order valence-corrected chi connectivity index (χ4v) is 4.33. The zero-order valence-electron chi connectivity index (χ0n) is 19.8. The summed E-state index contributed by atoms with van der Waals surface area (Å²) in [6, 6.07) is 23.9. The predicted octanol–water partition coefficient (Wildman–Crippen LogP) is 5.48. The van der Waals surface area contributed by atoms with Crippen molar-refractivity contribution in [3.8, 4) is 73.7 Å².